The third kappa shape index (κ3) is 4.21. The van der Waals surface area contributed by atoms with Gasteiger partial charge in [-0.15, -0.1) is 0 Å². The summed E-state index contributed by atoms with van der Waals surface area (Å²) in [6.07, 6.45) is 32.0. The lowest BCUT2D eigenvalue weighted by Crippen LogP contribution is -2.78. The molecule has 8 rings (SSSR count). The molecule has 2 N–H and O–H groups in total. The zero-order chi connectivity index (χ0) is 25.8. The van der Waals surface area contributed by atoms with E-state index in [9.17, 15) is 0 Å². The molecule has 4 aliphatic carbocycles. The van der Waals surface area contributed by atoms with Crippen molar-refractivity contribution in [1.82, 2.24) is 15.5 Å². The summed E-state index contributed by atoms with van der Waals surface area (Å²) in [5.74, 6) is 6.80. The van der Waals surface area contributed by atoms with Crippen molar-refractivity contribution in [3.05, 3.63) is 0 Å². The smallest absolute Gasteiger partial charge is 0.167 e. The van der Waals surface area contributed by atoms with Gasteiger partial charge in [0.1, 0.15) is 0 Å². The van der Waals surface area contributed by atoms with Crippen LogP contribution in [0, 0.1) is 29.1 Å². The Balaban J connectivity index is 1.26. The molecule has 4 saturated carbocycles. The topological polar surface area (TPSA) is 27.3 Å². The molecule has 4 heteroatoms. The van der Waals surface area contributed by atoms with Crippen molar-refractivity contribution in [1.29, 1.82) is 0 Å². The molecule has 9 unspecified atom stereocenters. The Hall–Kier alpha value is -0.0551. The SMILES string of the molecule is C1CCC(B2C3CCCCC3C3(C4CCCNC24)C2CCCCC2N(C2CCCCC2)C2CCNCC23)CC1. The van der Waals surface area contributed by atoms with Crippen molar-refractivity contribution < 1.29 is 0 Å². The molecule has 4 heterocycles. The minimum Gasteiger partial charge on any atom is -0.321 e. The van der Waals surface area contributed by atoms with Gasteiger partial charge in [0.2, 0.25) is 0 Å². The lowest BCUT2D eigenvalue weighted by Gasteiger charge is -2.74. The van der Waals surface area contributed by atoms with Gasteiger partial charge in [0.25, 0.3) is 0 Å². The van der Waals surface area contributed by atoms with Crippen molar-refractivity contribution in [2.75, 3.05) is 19.6 Å². The lowest BCUT2D eigenvalue weighted by atomic mass is 9.17. The molecule has 39 heavy (non-hydrogen) atoms. The van der Waals surface area contributed by atoms with Gasteiger partial charge >= 0.3 is 0 Å². The summed E-state index contributed by atoms with van der Waals surface area (Å²) < 4.78 is 0. The van der Waals surface area contributed by atoms with Crippen LogP contribution < -0.4 is 10.6 Å². The summed E-state index contributed by atoms with van der Waals surface area (Å²) >= 11 is 0. The van der Waals surface area contributed by atoms with Crippen molar-refractivity contribution in [2.24, 2.45) is 29.1 Å². The summed E-state index contributed by atoms with van der Waals surface area (Å²) in [6, 6.07) is 2.70. The average Bonchev–Trinajstić information content (AvgIpc) is 3.02. The summed E-state index contributed by atoms with van der Waals surface area (Å²) in [5, 5.41) is 8.50. The molecule has 0 aromatic heterocycles. The van der Waals surface area contributed by atoms with Gasteiger partial charge in [0.15, 0.2) is 6.71 Å². The maximum atomic E-state index is 4.40. The van der Waals surface area contributed by atoms with E-state index in [0.717, 1.165) is 66.1 Å². The number of hydrogen-bond donors (Lipinski definition) is 2. The maximum absolute atomic E-state index is 4.40. The predicted octanol–water partition coefficient (Wildman–Crippen LogP) is 7.47. The van der Waals surface area contributed by atoms with E-state index in [1.54, 1.807) is 44.9 Å². The van der Waals surface area contributed by atoms with E-state index in [2.05, 4.69) is 15.5 Å². The van der Waals surface area contributed by atoms with Crippen LogP contribution in [-0.4, -0.2) is 55.3 Å². The van der Waals surface area contributed by atoms with Crippen LogP contribution in [0.3, 0.4) is 0 Å². The number of piperidine rings is 3. The fourth-order valence-electron chi connectivity index (χ4n) is 14.1. The van der Waals surface area contributed by atoms with Gasteiger partial charge in [0.05, 0.1) is 0 Å². The van der Waals surface area contributed by atoms with E-state index < -0.39 is 0 Å². The Bertz CT molecular complexity index is 716. The van der Waals surface area contributed by atoms with Gasteiger partial charge in [-0.1, -0.05) is 102 Å². The molecule has 218 valence electrons. The maximum Gasteiger partial charge on any atom is 0.167 e. The predicted molar refractivity (Wildman–Crippen MR) is 164 cm³/mol. The van der Waals surface area contributed by atoms with Gasteiger partial charge in [-0.2, -0.15) is 0 Å². The lowest BCUT2D eigenvalue weighted by molar-refractivity contribution is -0.211. The molecule has 0 aromatic rings. The van der Waals surface area contributed by atoms with Crippen molar-refractivity contribution in [3.63, 3.8) is 0 Å². The normalized spacial score (nSPS) is 48.2. The largest absolute Gasteiger partial charge is 0.321 e. The quantitative estimate of drug-likeness (QED) is 0.361. The highest BCUT2D eigenvalue weighted by Crippen LogP contribution is 2.70. The molecule has 3 nitrogen and oxygen atoms in total. The second-order valence-corrected chi connectivity index (χ2v) is 16.1. The van der Waals surface area contributed by atoms with Crippen LogP contribution in [0.2, 0.25) is 11.6 Å². The van der Waals surface area contributed by atoms with Crippen LogP contribution in [0.4, 0.5) is 0 Å². The van der Waals surface area contributed by atoms with Crippen molar-refractivity contribution in [2.45, 2.75) is 171 Å². The van der Waals surface area contributed by atoms with E-state index in [-0.39, 0.29) is 0 Å². The van der Waals surface area contributed by atoms with Crippen LogP contribution >= 0.6 is 0 Å². The molecule has 4 saturated heterocycles. The Morgan fingerprint density at radius 1 is 0.538 bits per heavy atom. The van der Waals surface area contributed by atoms with Crippen LogP contribution in [0.25, 0.3) is 0 Å². The third-order valence-corrected chi connectivity index (χ3v) is 14.9. The van der Waals surface area contributed by atoms with Gasteiger partial charge in [-0.25, -0.2) is 0 Å². The number of hydrogen-bond acceptors (Lipinski definition) is 3. The number of fused-ring (bicyclic) bond motifs is 8. The highest BCUT2D eigenvalue weighted by atomic mass is 15.3. The van der Waals surface area contributed by atoms with Crippen molar-refractivity contribution >= 4 is 6.71 Å². The Labute approximate surface area is 241 Å². The van der Waals surface area contributed by atoms with Gasteiger partial charge in [-0.3, -0.25) is 4.90 Å². The van der Waals surface area contributed by atoms with Crippen LogP contribution in [0.5, 0.6) is 0 Å². The fourth-order valence-corrected chi connectivity index (χ4v) is 14.1. The van der Waals surface area contributed by atoms with Crippen LogP contribution in [0.1, 0.15) is 135 Å². The standard InChI is InChI=1S/C35H60BN3/c1-3-12-25(13-4-1)36-31-19-9-7-16-27(31)35(29-18-11-22-38-34(29)36)28-17-8-10-20-32(28)39(26-14-5-2-6-15-26)33-21-23-37-24-30(33)35/h25-34,37-38H,1-24H2. The molecule has 0 radical (unpaired) electrons. The number of rotatable bonds is 2. The summed E-state index contributed by atoms with van der Waals surface area (Å²) in [5.41, 5.74) is 0.614. The zero-order valence-electron chi connectivity index (χ0n) is 25.3. The molecule has 9 atom stereocenters. The molecule has 8 fully saturated rings. The number of nitrogens with one attached hydrogen (secondary N) is 2. The molecule has 0 bridgehead atoms. The minimum atomic E-state index is 0.614. The molecule has 0 amide bonds. The second kappa shape index (κ2) is 11.2. The van der Waals surface area contributed by atoms with E-state index in [1.165, 1.54) is 110 Å². The van der Waals surface area contributed by atoms with E-state index in [4.69, 9.17) is 0 Å². The first kappa shape index (κ1) is 26.6. The Morgan fingerprint density at radius 2 is 1.21 bits per heavy atom. The first-order valence-corrected chi connectivity index (χ1v) is 18.6. The first-order valence-electron chi connectivity index (χ1n) is 18.6. The Kier molecular flexibility index (Phi) is 7.64. The van der Waals surface area contributed by atoms with E-state index >= 15 is 0 Å². The summed E-state index contributed by atoms with van der Waals surface area (Å²) in [6.45, 7) is 4.94. The zero-order valence-corrected chi connectivity index (χ0v) is 25.3. The first-order chi connectivity index (χ1) is 19.4. The second-order valence-electron chi connectivity index (χ2n) is 16.1. The summed E-state index contributed by atoms with van der Waals surface area (Å²) in [7, 11) is 0. The van der Waals surface area contributed by atoms with Gasteiger partial charge in [0, 0.05) is 24.7 Å². The molecule has 0 aromatic carbocycles. The van der Waals surface area contributed by atoms with E-state index in [0.29, 0.717) is 5.41 Å². The van der Waals surface area contributed by atoms with Gasteiger partial charge in [-0.05, 0) is 93.1 Å². The molecular weight excluding hydrogens is 473 g/mol. The fraction of sp³-hybridized carbons (Fsp3) is 1.00. The molecule has 8 aliphatic rings. The third-order valence-electron chi connectivity index (χ3n) is 14.9. The summed E-state index contributed by atoms with van der Waals surface area (Å²) in [4.78, 5) is 3.33. The molecule has 1 spiro atoms. The van der Waals surface area contributed by atoms with Crippen LogP contribution in [0.15, 0.2) is 0 Å². The Morgan fingerprint density at radius 3 is 2.05 bits per heavy atom. The molecular formula is C35H60BN3. The monoisotopic (exact) mass is 533 g/mol. The highest BCUT2D eigenvalue weighted by Gasteiger charge is 2.70. The van der Waals surface area contributed by atoms with Crippen molar-refractivity contribution in [3.8, 4) is 0 Å². The van der Waals surface area contributed by atoms with Gasteiger partial charge < -0.3 is 10.6 Å². The average molecular weight is 534 g/mol. The number of nitrogens with zero attached hydrogens (tertiary/aromatic N) is 1. The number of likely N-dealkylation sites (tertiary alicyclic amines) is 1. The highest BCUT2D eigenvalue weighted by molar-refractivity contribution is 6.64. The van der Waals surface area contributed by atoms with Crippen LogP contribution in [-0.2, 0) is 0 Å². The minimum absolute atomic E-state index is 0.614. The molecule has 4 aliphatic heterocycles. The van der Waals surface area contributed by atoms with E-state index in [1.807, 2.05) is 0 Å².